The molecule has 2 saturated carbocycles. The molecule has 0 aromatic rings. The van der Waals surface area contributed by atoms with Gasteiger partial charge in [0.15, 0.2) is 0 Å². The summed E-state index contributed by atoms with van der Waals surface area (Å²) in [5, 5.41) is 8.25. The van der Waals surface area contributed by atoms with Crippen LogP contribution in [0.25, 0.3) is 0 Å². The Bertz CT molecular complexity index is 167. The van der Waals surface area contributed by atoms with Crippen LogP contribution in [0, 0.1) is 16.2 Å². The molecule has 2 atom stereocenters. The number of fused-ring (bicyclic) bond motifs is 1. The van der Waals surface area contributed by atoms with E-state index in [1.165, 1.54) is 19.3 Å². The highest BCUT2D eigenvalue weighted by Gasteiger charge is 2.67. The van der Waals surface area contributed by atoms with Crippen molar-refractivity contribution in [3.63, 3.8) is 0 Å². The highest BCUT2D eigenvalue weighted by molar-refractivity contribution is 5.17. The Balaban J connectivity index is 0.000000336. The van der Waals surface area contributed by atoms with E-state index in [0.717, 1.165) is 17.9 Å². The molecule has 1 heteroatoms. The third kappa shape index (κ3) is 1.28. The molecule has 2 fully saturated rings. The second kappa shape index (κ2) is 2.47. The molecule has 71 valence electrons. The maximum Gasteiger partial charge on any atom is 0.0712 e. The van der Waals surface area contributed by atoms with Crippen LogP contribution in [0.3, 0.4) is 0 Å². The van der Waals surface area contributed by atoms with E-state index in [9.17, 15) is 0 Å². The van der Waals surface area contributed by atoms with Crippen molar-refractivity contribution in [3.05, 3.63) is 0 Å². The van der Waals surface area contributed by atoms with Gasteiger partial charge in [-0.05, 0) is 35.5 Å². The molecular weight excluding hydrogens is 148 g/mol. The largest absolute Gasteiger partial charge is 0.240 e. The predicted octanol–water partition coefficient (Wildman–Crippen LogP) is 3.27. The van der Waals surface area contributed by atoms with Gasteiger partial charge in [-0.15, -0.1) is 0 Å². The first-order valence-electron chi connectivity index (χ1n) is 4.78. The van der Waals surface area contributed by atoms with Gasteiger partial charge in [0.05, 0.1) is 7.11 Å². The van der Waals surface area contributed by atoms with Crippen molar-refractivity contribution < 1.29 is 5.11 Å². The highest BCUT2D eigenvalue weighted by atomic mass is 16.2. The van der Waals surface area contributed by atoms with Crippen molar-refractivity contribution in [1.29, 1.82) is 0 Å². The Morgan fingerprint density at radius 1 is 0.750 bits per heavy atom. The summed E-state index contributed by atoms with van der Waals surface area (Å²) in [6.45, 7) is 9.74. The smallest absolute Gasteiger partial charge is 0.0712 e. The Labute approximate surface area is 76.2 Å². The zero-order valence-corrected chi connectivity index (χ0v) is 9.03. The van der Waals surface area contributed by atoms with Crippen LogP contribution in [0.1, 0.15) is 47.0 Å². The zero-order chi connectivity index (χ0) is 9.62. The third-order valence-corrected chi connectivity index (χ3v) is 3.85. The summed E-state index contributed by atoms with van der Waals surface area (Å²) >= 11 is 0. The van der Waals surface area contributed by atoms with Crippen LogP contribution < -0.4 is 0 Å². The molecule has 0 aliphatic heterocycles. The standard InChI is InChI=1S/C10H18.CH3O/c1-8(2)5-9(3)7-10(9,4)6-8;1-2/h5-7H2,1-4H3;1H3. The second-order valence-electron chi connectivity index (χ2n) is 5.82. The SMILES string of the molecule is CC1(C)CC2(C)CC2(C)C1.C[O]. The third-order valence-electron chi connectivity index (χ3n) is 3.85. The van der Waals surface area contributed by atoms with E-state index < -0.39 is 0 Å². The van der Waals surface area contributed by atoms with Crippen LogP contribution >= 0.6 is 0 Å². The Kier molecular flexibility index (Phi) is 2.07. The average molecular weight is 169 g/mol. The van der Waals surface area contributed by atoms with Crippen molar-refractivity contribution >= 4 is 0 Å². The lowest BCUT2D eigenvalue weighted by atomic mass is 9.85. The molecule has 0 amide bonds. The van der Waals surface area contributed by atoms with E-state index in [-0.39, 0.29) is 0 Å². The van der Waals surface area contributed by atoms with Gasteiger partial charge in [0.2, 0.25) is 0 Å². The fourth-order valence-corrected chi connectivity index (χ4v) is 3.54. The Hall–Kier alpha value is -0.0400. The molecule has 1 radical (unpaired) electrons. The Morgan fingerprint density at radius 2 is 1.08 bits per heavy atom. The lowest BCUT2D eigenvalue weighted by Crippen LogP contribution is -2.09. The van der Waals surface area contributed by atoms with Crippen LogP contribution in [0.2, 0.25) is 0 Å². The van der Waals surface area contributed by atoms with Gasteiger partial charge < -0.3 is 0 Å². The first kappa shape index (κ1) is 10.0. The van der Waals surface area contributed by atoms with E-state index >= 15 is 0 Å². The summed E-state index contributed by atoms with van der Waals surface area (Å²) < 4.78 is 0. The summed E-state index contributed by atoms with van der Waals surface area (Å²) in [5.74, 6) is 0. The maximum atomic E-state index is 8.25. The average Bonchev–Trinajstić information content (AvgIpc) is 2.26. The van der Waals surface area contributed by atoms with Crippen molar-refractivity contribution in [1.82, 2.24) is 0 Å². The minimum absolute atomic E-state index is 0.641. The van der Waals surface area contributed by atoms with Gasteiger partial charge >= 0.3 is 0 Å². The van der Waals surface area contributed by atoms with Gasteiger partial charge in [-0.25, -0.2) is 5.11 Å². The van der Waals surface area contributed by atoms with E-state index in [2.05, 4.69) is 27.7 Å². The molecule has 1 nitrogen and oxygen atoms in total. The maximum absolute atomic E-state index is 8.25. The van der Waals surface area contributed by atoms with E-state index in [0.29, 0.717) is 5.41 Å². The van der Waals surface area contributed by atoms with Crippen LogP contribution in [0.15, 0.2) is 0 Å². The molecule has 0 saturated heterocycles. The zero-order valence-electron chi connectivity index (χ0n) is 9.03. The van der Waals surface area contributed by atoms with Gasteiger partial charge in [0, 0.05) is 0 Å². The topological polar surface area (TPSA) is 19.9 Å². The highest BCUT2D eigenvalue weighted by Crippen LogP contribution is 2.77. The minimum atomic E-state index is 0.641. The normalized spacial score (nSPS) is 47.5. The van der Waals surface area contributed by atoms with E-state index in [1.54, 1.807) is 0 Å². The summed E-state index contributed by atoms with van der Waals surface area (Å²) in [7, 11) is 0.750. The fraction of sp³-hybridized carbons (Fsp3) is 1.00. The molecule has 0 heterocycles. The van der Waals surface area contributed by atoms with Crippen LogP contribution in [-0.2, 0) is 5.11 Å². The summed E-state index contributed by atoms with van der Waals surface area (Å²) in [6, 6.07) is 0. The van der Waals surface area contributed by atoms with E-state index in [1.807, 2.05) is 0 Å². The molecule has 12 heavy (non-hydrogen) atoms. The fourth-order valence-electron chi connectivity index (χ4n) is 3.54. The molecule has 2 rings (SSSR count). The van der Waals surface area contributed by atoms with Gasteiger partial charge in [-0.1, -0.05) is 27.7 Å². The molecule has 2 aliphatic rings. The predicted molar refractivity (Wildman–Crippen MR) is 50.5 cm³/mol. The molecule has 0 N–H and O–H groups in total. The molecular formula is C11H21O. The minimum Gasteiger partial charge on any atom is -0.240 e. The lowest BCUT2D eigenvalue weighted by molar-refractivity contribution is 0.282. The number of rotatable bonds is 0. The van der Waals surface area contributed by atoms with Gasteiger partial charge in [-0.2, -0.15) is 0 Å². The summed E-state index contributed by atoms with van der Waals surface area (Å²) in [5.41, 5.74) is 2.11. The van der Waals surface area contributed by atoms with E-state index in [4.69, 9.17) is 5.11 Å². The first-order chi connectivity index (χ1) is 5.37. The van der Waals surface area contributed by atoms with Crippen molar-refractivity contribution in [2.75, 3.05) is 7.11 Å². The molecule has 0 aromatic heterocycles. The van der Waals surface area contributed by atoms with Gasteiger partial charge in [-0.3, -0.25) is 0 Å². The van der Waals surface area contributed by atoms with Gasteiger partial charge in [0.25, 0.3) is 0 Å². The molecule has 2 aliphatic carbocycles. The lowest BCUT2D eigenvalue weighted by Gasteiger charge is -2.21. The number of hydrogen-bond acceptors (Lipinski definition) is 0. The van der Waals surface area contributed by atoms with Crippen LogP contribution in [0.5, 0.6) is 0 Å². The Morgan fingerprint density at radius 3 is 1.25 bits per heavy atom. The first-order valence-corrected chi connectivity index (χ1v) is 4.78. The molecule has 0 spiro atoms. The van der Waals surface area contributed by atoms with Crippen molar-refractivity contribution in [3.8, 4) is 0 Å². The second-order valence-corrected chi connectivity index (χ2v) is 5.82. The summed E-state index contributed by atoms with van der Waals surface area (Å²) in [6.07, 6.45) is 4.40. The van der Waals surface area contributed by atoms with Gasteiger partial charge in [0.1, 0.15) is 0 Å². The van der Waals surface area contributed by atoms with Crippen LogP contribution in [-0.4, -0.2) is 7.11 Å². The molecule has 2 unspecified atom stereocenters. The van der Waals surface area contributed by atoms with Crippen molar-refractivity contribution in [2.24, 2.45) is 16.2 Å². The summed E-state index contributed by atoms with van der Waals surface area (Å²) in [4.78, 5) is 0. The molecule has 0 aromatic carbocycles. The quantitative estimate of drug-likeness (QED) is 0.530. The number of hydrogen-bond donors (Lipinski definition) is 0. The molecule has 0 bridgehead atoms. The monoisotopic (exact) mass is 169 g/mol. The van der Waals surface area contributed by atoms with Crippen molar-refractivity contribution in [2.45, 2.75) is 47.0 Å². The van der Waals surface area contributed by atoms with Crippen LogP contribution in [0.4, 0.5) is 0 Å².